The van der Waals surface area contributed by atoms with Crippen molar-refractivity contribution in [3.05, 3.63) is 71.9 Å². The number of halogens is 1. The van der Waals surface area contributed by atoms with Gasteiger partial charge < -0.3 is 9.84 Å². The van der Waals surface area contributed by atoms with Crippen LogP contribution in [0.15, 0.2) is 59.3 Å². The third kappa shape index (κ3) is 4.81. The van der Waals surface area contributed by atoms with Crippen LogP contribution in [0.3, 0.4) is 0 Å². The number of nitrogens with zero attached hydrogens (tertiary/aromatic N) is 3. The van der Waals surface area contributed by atoms with E-state index in [0.29, 0.717) is 30.4 Å². The Balaban J connectivity index is 1.47. The first kappa shape index (κ1) is 16.5. The third-order valence-corrected chi connectivity index (χ3v) is 3.30. The molecule has 3 rings (SSSR count). The summed E-state index contributed by atoms with van der Waals surface area (Å²) in [5.41, 5.74) is 1.35. The van der Waals surface area contributed by atoms with Crippen LogP contribution >= 0.6 is 0 Å². The lowest BCUT2D eigenvalue weighted by molar-refractivity contribution is -0.116. The molecule has 2 heterocycles. The molecule has 7 heteroatoms. The highest BCUT2D eigenvalue weighted by Gasteiger charge is 2.09. The maximum Gasteiger partial charge on any atom is 0.276 e. The number of nitrogens with one attached hydrogen (secondary N) is 1. The van der Waals surface area contributed by atoms with Gasteiger partial charge in [-0.2, -0.15) is 4.98 Å². The first-order chi connectivity index (χ1) is 12.2. The van der Waals surface area contributed by atoms with E-state index in [0.717, 1.165) is 5.56 Å². The molecule has 126 valence electrons. The predicted octanol–water partition coefficient (Wildman–Crippen LogP) is 2.64. The number of hydrogen-bond acceptors (Lipinski definition) is 5. The van der Waals surface area contributed by atoms with Gasteiger partial charge in [-0.15, -0.1) is 0 Å². The van der Waals surface area contributed by atoms with Gasteiger partial charge in [-0.25, -0.2) is 4.39 Å². The zero-order valence-corrected chi connectivity index (χ0v) is 13.2. The first-order valence-corrected chi connectivity index (χ1v) is 7.66. The van der Waals surface area contributed by atoms with E-state index in [1.807, 2.05) is 6.07 Å². The van der Waals surface area contributed by atoms with E-state index in [1.165, 1.54) is 18.2 Å². The van der Waals surface area contributed by atoms with Crippen LogP contribution in [0.25, 0.3) is 17.7 Å². The van der Waals surface area contributed by atoms with Crippen LogP contribution in [0.5, 0.6) is 0 Å². The fourth-order valence-corrected chi connectivity index (χ4v) is 2.05. The van der Waals surface area contributed by atoms with Crippen molar-refractivity contribution in [1.82, 2.24) is 20.4 Å². The molecule has 1 N–H and O–H groups in total. The molecule has 0 saturated carbocycles. The second kappa shape index (κ2) is 7.96. The highest BCUT2D eigenvalue weighted by Crippen LogP contribution is 2.13. The van der Waals surface area contributed by atoms with Crippen molar-refractivity contribution in [2.45, 2.75) is 6.42 Å². The molecule has 0 saturated heterocycles. The van der Waals surface area contributed by atoms with E-state index in [9.17, 15) is 9.18 Å². The summed E-state index contributed by atoms with van der Waals surface area (Å²) in [4.78, 5) is 20.1. The fourth-order valence-electron chi connectivity index (χ4n) is 2.05. The minimum atomic E-state index is -0.313. The quantitative estimate of drug-likeness (QED) is 0.699. The summed E-state index contributed by atoms with van der Waals surface area (Å²) in [6.07, 6.45) is 5.09. The summed E-state index contributed by atoms with van der Waals surface area (Å²) in [7, 11) is 0. The lowest BCUT2D eigenvalue weighted by Crippen LogP contribution is -2.23. The average Bonchev–Trinajstić information content (AvgIpc) is 3.11. The Bertz CT molecular complexity index is 860. The van der Waals surface area contributed by atoms with Gasteiger partial charge in [0, 0.05) is 25.2 Å². The third-order valence-electron chi connectivity index (χ3n) is 3.30. The highest BCUT2D eigenvalue weighted by molar-refractivity contribution is 5.91. The molecule has 0 fully saturated rings. The largest absolute Gasteiger partial charge is 0.352 e. The molecule has 0 atom stereocenters. The molecule has 0 aliphatic carbocycles. The van der Waals surface area contributed by atoms with Gasteiger partial charge >= 0.3 is 0 Å². The number of pyridine rings is 1. The molecule has 0 aliphatic rings. The van der Waals surface area contributed by atoms with Crippen LogP contribution in [0.4, 0.5) is 4.39 Å². The summed E-state index contributed by atoms with van der Waals surface area (Å²) in [5.74, 6) is 0.270. The van der Waals surface area contributed by atoms with Gasteiger partial charge in [0.05, 0.1) is 0 Å². The molecule has 0 spiro atoms. The standard InChI is InChI=1S/C18H15FN4O2/c19-14-7-4-13(5-8-14)6-9-17(24)21-12-10-16-22-18(25-23-16)15-3-1-2-11-20-15/h1-9,11H,10,12H2,(H,21,24)/b9-6-. The topological polar surface area (TPSA) is 80.9 Å². The first-order valence-electron chi connectivity index (χ1n) is 7.66. The van der Waals surface area contributed by atoms with Crippen molar-refractivity contribution in [3.8, 4) is 11.6 Å². The Labute approximate surface area is 143 Å². The van der Waals surface area contributed by atoms with Gasteiger partial charge in [0.15, 0.2) is 5.82 Å². The molecule has 3 aromatic rings. The summed E-state index contributed by atoms with van der Waals surface area (Å²) in [6.45, 7) is 0.369. The van der Waals surface area contributed by atoms with Crippen LogP contribution in [0.2, 0.25) is 0 Å². The smallest absolute Gasteiger partial charge is 0.276 e. The normalized spacial score (nSPS) is 10.9. The summed E-state index contributed by atoms with van der Waals surface area (Å²) < 4.78 is 17.9. The van der Waals surface area contributed by atoms with E-state index in [-0.39, 0.29) is 11.7 Å². The number of benzene rings is 1. The Kier molecular flexibility index (Phi) is 5.26. The number of carbonyl (C=O) groups excluding carboxylic acids is 1. The van der Waals surface area contributed by atoms with Crippen LogP contribution < -0.4 is 5.32 Å². The van der Waals surface area contributed by atoms with Crippen molar-refractivity contribution >= 4 is 12.0 Å². The minimum Gasteiger partial charge on any atom is -0.352 e. The Hall–Kier alpha value is -3.35. The van der Waals surface area contributed by atoms with Crippen LogP contribution in [0, 0.1) is 5.82 Å². The molecule has 0 aliphatic heterocycles. The number of carbonyl (C=O) groups is 1. The molecular formula is C18H15FN4O2. The van der Waals surface area contributed by atoms with Crippen LogP contribution in [0.1, 0.15) is 11.4 Å². The minimum absolute atomic E-state index is 0.252. The Morgan fingerprint density at radius 1 is 1.20 bits per heavy atom. The lowest BCUT2D eigenvalue weighted by atomic mass is 10.2. The molecule has 6 nitrogen and oxygen atoms in total. The monoisotopic (exact) mass is 338 g/mol. The summed E-state index contributed by atoms with van der Waals surface area (Å²) >= 11 is 0. The van der Waals surface area contributed by atoms with Crippen LogP contribution in [-0.4, -0.2) is 27.6 Å². The summed E-state index contributed by atoms with van der Waals surface area (Å²) in [6, 6.07) is 11.3. The van der Waals surface area contributed by atoms with E-state index in [4.69, 9.17) is 4.52 Å². The Morgan fingerprint density at radius 3 is 2.80 bits per heavy atom. The molecule has 0 bridgehead atoms. The molecular weight excluding hydrogens is 323 g/mol. The van der Waals surface area contributed by atoms with Crippen molar-refractivity contribution in [1.29, 1.82) is 0 Å². The lowest BCUT2D eigenvalue weighted by Gasteiger charge is -1.99. The number of rotatable bonds is 6. The van der Waals surface area contributed by atoms with E-state index in [1.54, 1.807) is 36.5 Å². The van der Waals surface area contributed by atoms with Gasteiger partial charge in [0.25, 0.3) is 5.89 Å². The molecule has 25 heavy (non-hydrogen) atoms. The molecule has 0 radical (unpaired) electrons. The molecule has 1 amide bonds. The molecule has 2 aromatic heterocycles. The van der Waals surface area contributed by atoms with Gasteiger partial charge in [-0.1, -0.05) is 23.4 Å². The van der Waals surface area contributed by atoms with Crippen LogP contribution in [-0.2, 0) is 11.2 Å². The van der Waals surface area contributed by atoms with Gasteiger partial charge in [0.1, 0.15) is 11.5 Å². The maximum atomic E-state index is 12.8. The van der Waals surface area contributed by atoms with Crippen molar-refractivity contribution < 1.29 is 13.7 Å². The van der Waals surface area contributed by atoms with E-state index < -0.39 is 0 Å². The number of hydrogen-bond donors (Lipinski definition) is 1. The van der Waals surface area contributed by atoms with E-state index in [2.05, 4.69) is 20.4 Å². The second-order valence-electron chi connectivity index (χ2n) is 5.16. The average molecular weight is 338 g/mol. The Morgan fingerprint density at radius 2 is 2.04 bits per heavy atom. The van der Waals surface area contributed by atoms with Crippen molar-refractivity contribution in [2.24, 2.45) is 0 Å². The second-order valence-corrected chi connectivity index (χ2v) is 5.16. The highest BCUT2D eigenvalue weighted by atomic mass is 19.1. The summed E-state index contributed by atoms with van der Waals surface area (Å²) in [5, 5.41) is 6.58. The fraction of sp³-hybridized carbons (Fsp3) is 0.111. The molecule has 0 unspecified atom stereocenters. The van der Waals surface area contributed by atoms with Gasteiger partial charge in [-0.3, -0.25) is 9.78 Å². The molecule has 1 aromatic carbocycles. The zero-order chi connectivity index (χ0) is 17.5. The van der Waals surface area contributed by atoms with Crippen molar-refractivity contribution in [2.75, 3.05) is 6.54 Å². The van der Waals surface area contributed by atoms with Crippen molar-refractivity contribution in [3.63, 3.8) is 0 Å². The number of aromatic nitrogens is 3. The SMILES string of the molecule is O=C(/C=C\c1ccc(F)cc1)NCCc1noc(-c2ccccn2)n1. The van der Waals surface area contributed by atoms with Gasteiger partial charge in [0.2, 0.25) is 5.91 Å². The predicted molar refractivity (Wildman–Crippen MR) is 89.7 cm³/mol. The number of amides is 1. The van der Waals surface area contributed by atoms with Gasteiger partial charge in [-0.05, 0) is 35.9 Å². The van der Waals surface area contributed by atoms with E-state index >= 15 is 0 Å². The zero-order valence-electron chi connectivity index (χ0n) is 13.2. The maximum absolute atomic E-state index is 12.8.